The monoisotopic (exact) mass is 498 g/mol. The Bertz CT molecular complexity index is 1280. The van der Waals surface area contributed by atoms with Crippen LogP contribution in [0.25, 0.3) is 11.1 Å². The molecular weight excluding hydrogens is 472 g/mol. The maximum Gasteiger partial charge on any atom is 0.408 e. The third-order valence-electron chi connectivity index (χ3n) is 5.90. The van der Waals surface area contributed by atoms with Gasteiger partial charge in [-0.25, -0.2) is 14.4 Å². The number of carbonyl (C=O) groups is 3. The molecule has 1 aliphatic rings. The molecule has 0 aliphatic heterocycles. The minimum atomic E-state index is -1.26. The van der Waals surface area contributed by atoms with Crippen LogP contribution in [-0.4, -0.2) is 42.5 Å². The normalized spacial score (nSPS) is 12.2. The summed E-state index contributed by atoms with van der Waals surface area (Å²) < 4.78 is 10.5. The van der Waals surface area contributed by atoms with E-state index in [2.05, 4.69) is 22.5 Å². The lowest BCUT2D eigenvalue weighted by Crippen LogP contribution is -2.41. The Morgan fingerprint density at radius 3 is 2.08 bits per heavy atom. The van der Waals surface area contributed by atoms with Crippen LogP contribution in [0.1, 0.15) is 29.0 Å². The number of carboxylic acid groups (broad SMARTS) is 1. The topological polar surface area (TPSA) is 114 Å². The predicted molar refractivity (Wildman–Crippen MR) is 137 cm³/mol. The van der Waals surface area contributed by atoms with Gasteiger partial charge in [-0.05, 0) is 27.8 Å². The molecule has 0 spiro atoms. The van der Waals surface area contributed by atoms with Gasteiger partial charge in [0.25, 0.3) is 0 Å². The van der Waals surface area contributed by atoms with E-state index >= 15 is 0 Å². The van der Waals surface area contributed by atoms with Crippen LogP contribution in [-0.2, 0) is 20.9 Å². The standard InChI is InChI=1S/C29H26N2O6/c32-27(33)26(16-8-9-17-30-28(34)36-18-20-10-2-1-3-11-20)31-29(35)37-19-25-23-14-6-4-12-21(23)22-13-5-7-15-24(22)25/h1-7,10-15,25-26H,16-19H2,(H,30,34)(H,31,35)(H,32,33)/t26-/m0/s1. The quantitative estimate of drug-likeness (QED) is 0.399. The Balaban J connectivity index is 1.23. The number of alkyl carbamates (subject to hydrolysis) is 2. The van der Waals surface area contributed by atoms with Crippen molar-refractivity contribution in [1.82, 2.24) is 10.6 Å². The van der Waals surface area contributed by atoms with Crippen LogP contribution < -0.4 is 10.6 Å². The first-order valence-electron chi connectivity index (χ1n) is 11.8. The van der Waals surface area contributed by atoms with E-state index in [-0.39, 0.29) is 32.1 Å². The molecule has 0 fully saturated rings. The average molecular weight is 499 g/mol. The zero-order chi connectivity index (χ0) is 26.0. The first kappa shape index (κ1) is 25.3. The van der Waals surface area contributed by atoms with Crippen molar-refractivity contribution >= 4 is 18.2 Å². The number of amides is 2. The molecule has 1 atom stereocenters. The lowest BCUT2D eigenvalue weighted by atomic mass is 9.98. The second-order valence-corrected chi connectivity index (χ2v) is 8.33. The van der Waals surface area contributed by atoms with Gasteiger partial charge in [0, 0.05) is 12.3 Å². The Morgan fingerprint density at radius 1 is 0.811 bits per heavy atom. The van der Waals surface area contributed by atoms with E-state index in [4.69, 9.17) is 9.47 Å². The number of ether oxygens (including phenoxy) is 2. The summed E-state index contributed by atoms with van der Waals surface area (Å²) in [6, 6.07) is 23.9. The Kier molecular flexibility index (Phi) is 8.40. The van der Waals surface area contributed by atoms with E-state index in [1.807, 2.05) is 78.9 Å². The molecule has 0 heterocycles. The minimum absolute atomic E-state index is 0.0229. The molecule has 8 heteroatoms. The van der Waals surface area contributed by atoms with Crippen molar-refractivity contribution in [2.75, 3.05) is 13.2 Å². The highest BCUT2D eigenvalue weighted by Crippen LogP contribution is 2.44. The van der Waals surface area contributed by atoms with Gasteiger partial charge in [-0.15, -0.1) is 0 Å². The summed E-state index contributed by atoms with van der Waals surface area (Å²) in [6.07, 6.45) is -1.62. The largest absolute Gasteiger partial charge is 0.480 e. The zero-order valence-corrected chi connectivity index (χ0v) is 20.0. The number of benzene rings is 3. The second-order valence-electron chi connectivity index (χ2n) is 8.33. The number of rotatable bonds is 8. The third-order valence-corrected chi connectivity index (χ3v) is 5.90. The van der Waals surface area contributed by atoms with Crippen LogP contribution in [0.2, 0.25) is 0 Å². The molecule has 4 rings (SSSR count). The number of hydrogen-bond donors (Lipinski definition) is 3. The molecule has 0 saturated heterocycles. The van der Waals surface area contributed by atoms with Crippen molar-refractivity contribution in [3.8, 4) is 23.0 Å². The van der Waals surface area contributed by atoms with E-state index in [0.29, 0.717) is 0 Å². The molecule has 0 aromatic heterocycles. The average Bonchev–Trinajstić information content (AvgIpc) is 3.24. The molecular formula is C29H26N2O6. The summed E-state index contributed by atoms with van der Waals surface area (Å²) in [7, 11) is 0. The van der Waals surface area contributed by atoms with E-state index in [0.717, 1.165) is 27.8 Å². The summed E-state index contributed by atoms with van der Waals surface area (Å²) >= 11 is 0. The van der Waals surface area contributed by atoms with Gasteiger partial charge in [-0.2, -0.15) is 0 Å². The van der Waals surface area contributed by atoms with Gasteiger partial charge in [0.15, 0.2) is 0 Å². The van der Waals surface area contributed by atoms with Crippen LogP contribution in [0.5, 0.6) is 0 Å². The van der Waals surface area contributed by atoms with Gasteiger partial charge in [-0.3, -0.25) is 0 Å². The number of hydrogen-bond acceptors (Lipinski definition) is 5. The highest BCUT2D eigenvalue weighted by molar-refractivity contribution is 5.81. The molecule has 3 N–H and O–H groups in total. The van der Waals surface area contributed by atoms with Crippen molar-refractivity contribution in [3.05, 3.63) is 95.6 Å². The number of carboxylic acids is 1. The number of nitrogens with one attached hydrogen (secondary N) is 2. The molecule has 3 aromatic rings. The van der Waals surface area contributed by atoms with Crippen molar-refractivity contribution < 1.29 is 29.0 Å². The van der Waals surface area contributed by atoms with Crippen LogP contribution in [0.4, 0.5) is 9.59 Å². The van der Waals surface area contributed by atoms with Gasteiger partial charge in [0.2, 0.25) is 0 Å². The van der Waals surface area contributed by atoms with Crippen molar-refractivity contribution in [2.45, 2.75) is 25.0 Å². The molecule has 0 saturated carbocycles. The summed E-state index contributed by atoms with van der Waals surface area (Å²) in [5.74, 6) is 3.94. The fourth-order valence-corrected chi connectivity index (χ4v) is 4.11. The minimum Gasteiger partial charge on any atom is -0.480 e. The predicted octanol–water partition coefficient (Wildman–Crippen LogP) is 4.30. The van der Waals surface area contributed by atoms with Crippen molar-refractivity contribution in [2.24, 2.45) is 0 Å². The smallest absolute Gasteiger partial charge is 0.408 e. The third kappa shape index (κ3) is 6.67. The Labute approximate surface area is 214 Å². The summed E-state index contributed by atoms with van der Waals surface area (Å²) in [4.78, 5) is 35.7. The van der Waals surface area contributed by atoms with E-state index < -0.39 is 24.2 Å². The zero-order valence-electron chi connectivity index (χ0n) is 20.0. The maximum atomic E-state index is 12.4. The van der Waals surface area contributed by atoms with Gasteiger partial charge in [0.1, 0.15) is 19.3 Å². The summed E-state index contributed by atoms with van der Waals surface area (Å²) in [5, 5.41) is 14.3. The molecule has 37 heavy (non-hydrogen) atoms. The fraction of sp³-hybridized carbons (Fsp3) is 0.207. The first-order chi connectivity index (χ1) is 18.0. The Hall–Kier alpha value is -4.77. The lowest BCUT2D eigenvalue weighted by Gasteiger charge is -2.16. The van der Waals surface area contributed by atoms with E-state index in [1.54, 1.807) is 0 Å². The second kappa shape index (κ2) is 12.3. The molecule has 1 aliphatic carbocycles. The summed E-state index contributed by atoms with van der Waals surface area (Å²) in [5.41, 5.74) is 5.18. The number of fused-ring (bicyclic) bond motifs is 3. The lowest BCUT2D eigenvalue weighted by molar-refractivity contribution is -0.139. The van der Waals surface area contributed by atoms with Crippen LogP contribution in [0, 0.1) is 11.8 Å². The van der Waals surface area contributed by atoms with Crippen molar-refractivity contribution in [1.29, 1.82) is 0 Å². The van der Waals surface area contributed by atoms with E-state index in [9.17, 15) is 19.5 Å². The van der Waals surface area contributed by atoms with E-state index in [1.165, 1.54) is 0 Å². The van der Waals surface area contributed by atoms with Crippen LogP contribution >= 0.6 is 0 Å². The molecule has 0 bridgehead atoms. The number of carbonyl (C=O) groups excluding carboxylic acids is 2. The molecule has 188 valence electrons. The maximum absolute atomic E-state index is 12.4. The first-order valence-corrected chi connectivity index (χ1v) is 11.8. The highest BCUT2D eigenvalue weighted by atomic mass is 16.6. The molecule has 0 radical (unpaired) electrons. The van der Waals surface area contributed by atoms with Gasteiger partial charge < -0.3 is 25.2 Å². The summed E-state index contributed by atoms with van der Waals surface area (Å²) in [6.45, 7) is 0.184. The Morgan fingerprint density at radius 2 is 1.43 bits per heavy atom. The van der Waals surface area contributed by atoms with Gasteiger partial charge in [-0.1, -0.05) is 90.7 Å². The van der Waals surface area contributed by atoms with Crippen molar-refractivity contribution in [3.63, 3.8) is 0 Å². The highest BCUT2D eigenvalue weighted by Gasteiger charge is 2.29. The van der Waals surface area contributed by atoms with Crippen LogP contribution in [0.3, 0.4) is 0 Å². The van der Waals surface area contributed by atoms with Crippen LogP contribution in [0.15, 0.2) is 78.9 Å². The number of aliphatic carboxylic acids is 1. The van der Waals surface area contributed by atoms with Gasteiger partial charge in [0.05, 0.1) is 6.54 Å². The van der Waals surface area contributed by atoms with Gasteiger partial charge >= 0.3 is 18.2 Å². The SMILES string of the molecule is O=C(NCC#CC[C@H](NC(=O)OCC1c2ccccc2-c2ccccc21)C(=O)O)OCc1ccccc1. The fourth-order valence-electron chi connectivity index (χ4n) is 4.11. The molecule has 2 amide bonds. The molecule has 8 nitrogen and oxygen atoms in total. The molecule has 0 unspecified atom stereocenters. The molecule has 3 aromatic carbocycles.